The Morgan fingerprint density at radius 2 is 2.00 bits per heavy atom. The number of rotatable bonds is 6. The van der Waals surface area contributed by atoms with E-state index in [9.17, 15) is 18.8 Å². The zero-order chi connectivity index (χ0) is 21.5. The molecule has 0 atom stereocenters. The molecule has 156 valence electrons. The summed E-state index contributed by atoms with van der Waals surface area (Å²) >= 11 is 6.09. The zero-order valence-corrected chi connectivity index (χ0v) is 16.5. The largest absolute Gasteiger partial charge is 0.434 e. The molecule has 0 spiro atoms. The second-order valence-electron chi connectivity index (χ2n) is 6.30. The van der Waals surface area contributed by atoms with E-state index in [0.717, 1.165) is 5.69 Å². The Morgan fingerprint density at radius 1 is 1.27 bits per heavy atom. The maximum Gasteiger partial charge on any atom is 0.387 e. The average Bonchev–Trinajstić information content (AvgIpc) is 2.73. The third-order valence-electron chi connectivity index (χ3n) is 4.36. The second kappa shape index (κ2) is 10.1. The number of nitriles is 1. The van der Waals surface area contributed by atoms with Crippen LogP contribution in [-0.4, -0.2) is 38.8 Å². The van der Waals surface area contributed by atoms with E-state index in [4.69, 9.17) is 16.3 Å². The van der Waals surface area contributed by atoms with E-state index in [1.54, 1.807) is 30.3 Å². The molecule has 1 aliphatic rings. The van der Waals surface area contributed by atoms with Crippen LogP contribution in [0.4, 0.5) is 20.2 Å². The first kappa shape index (κ1) is 21.6. The van der Waals surface area contributed by atoms with Gasteiger partial charge in [0.1, 0.15) is 17.4 Å². The minimum absolute atomic E-state index is 0.134. The fourth-order valence-electron chi connectivity index (χ4n) is 2.99. The second-order valence-corrected chi connectivity index (χ2v) is 6.74. The fraction of sp³-hybridized carbons (Fsp3) is 0.238. The maximum absolute atomic E-state index is 12.8. The third-order valence-corrected chi connectivity index (χ3v) is 4.59. The molecule has 9 heteroatoms. The lowest BCUT2D eigenvalue weighted by atomic mass is 10.1. The molecule has 2 aromatic carbocycles. The summed E-state index contributed by atoms with van der Waals surface area (Å²) in [5.74, 6) is -0.828. The van der Waals surface area contributed by atoms with Crippen molar-refractivity contribution in [3.8, 4) is 11.8 Å². The Morgan fingerprint density at radius 3 is 2.70 bits per heavy atom. The van der Waals surface area contributed by atoms with Crippen molar-refractivity contribution in [1.29, 1.82) is 5.26 Å². The van der Waals surface area contributed by atoms with Gasteiger partial charge in [0.15, 0.2) is 0 Å². The molecule has 0 saturated carbocycles. The molecule has 0 aromatic heterocycles. The summed E-state index contributed by atoms with van der Waals surface area (Å²) in [6.07, 6.45) is 1.20. The number of hydrogen-bond acceptors (Lipinski definition) is 5. The SMILES string of the molecule is N#C/C(=C\c1ccccc1OC(F)F)C(=O)Nc1cc(Cl)ccc1N1CCOCC1. The molecule has 30 heavy (non-hydrogen) atoms. The number of alkyl halides is 2. The standard InChI is InChI=1S/C21H18ClF2N3O3/c22-16-5-6-18(27-7-9-29-10-8-27)17(12-16)26-20(28)15(13-25)11-14-3-1-2-4-19(14)30-21(23)24/h1-6,11-12,21H,7-10H2,(H,26,28)/b15-11+. The quantitative estimate of drug-likeness (QED) is 0.542. The van der Waals surface area contributed by atoms with Crippen LogP contribution < -0.4 is 15.0 Å². The molecule has 1 fully saturated rings. The van der Waals surface area contributed by atoms with Crippen molar-refractivity contribution in [3.63, 3.8) is 0 Å². The predicted molar refractivity (Wildman–Crippen MR) is 110 cm³/mol. The summed E-state index contributed by atoms with van der Waals surface area (Å²) in [6.45, 7) is -0.629. The number of anilines is 2. The van der Waals surface area contributed by atoms with E-state index >= 15 is 0 Å². The number of para-hydroxylation sites is 1. The van der Waals surface area contributed by atoms with Crippen LogP contribution in [0.1, 0.15) is 5.56 Å². The van der Waals surface area contributed by atoms with Crippen LogP contribution >= 0.6 is 11.6 Å². The van der Waals surface area contributed by atoms with Gasteiger partial charge in [-0.25, -0.2) is 0 Å². The summed E-state index contributed by atoms with van der Waals surface area (Å²) in [6, 6.07) is 12.8. The van der Waals surface area contributed by atoms with Crippen molar-refractivity contribution in [2.45, 2.75) is 6.61 Å². The first-order valence-corrected chi connectivity index (χ1v) is 9.45. The van der Waals surface area contributed by atoms with Crippen molar-refractivity contribution in [2.75, 3.05) is 36.5 Å². The van der Waals surface area contributed by atoms with Gasteiger partial charge >= 0.3 is 6.61 Å². The highest BCUT2D eigenvalue weighted by molar-refractivity contribution is 6.31. The van der Waals surface area contributed by atoms with Crippen molar-refractivity contribution in [1.82, 2.24) is 0 Å². The van der Waals surface area contributed by atoms with E-state index in [1.807, 2.05) is 4.90 Å². The first-order chi connectivity index (χ1) is 14.5. The van der Waals surface area contributed by atoms with Crippen LogP contribution in [0.5, 0.6) is 5.75 Å². The highest BCUT2D eigenvalue weighted by Crippen LogP contribution is 2.30. The number of ether oxygens (including phenoxy) is 2. The van der Waals surface area contributed by atoms with Gasteiger partial charge in [0.2, 0.25) is 0 Å². The van der Waals surface area contributed by atoms with Gasteiger partial charge in [-0.15, -0.1) is 0 Å². The molecule has 2 aromatic rings. The van der Waals surface area contributed by atoms with Gasteiger partial charge in [-0.2, -0.15) is 14.0 Å². The van der Waals surface area contributed by atoms with Gasteiger partial charge in [0.25, 0.3) is 5.91 Å². The lowest BCUT2D eigenvalue weighted by Crippen LogP contribution is -2.36. The number of benzene rings is 2. The molecule has 1 N–H and O–H groups in total. The van der Waals surface area contributed by atoms with Gasteiger partial charge < -0.3 is 19.7 Å². The fourth-order valence-corrected chi connectivity index (χ4v) is 3.16. The molecule has 0 radical (unpaired) electrons. The Balaban J connectivity index is 1.87. The van der Waals surface area contributed by atoms with Crippen LogP contribution in [0.15, 0.2) is 48.0 Å². The summed E-state index contributed by atoms with van der Waals surface area (Å²) in [5, 5.41) is 12.6. The number of nitrogens with one attached hydrogen (secondary N) is 1. The number of morpholine rings is 1. The Kier molecular flexibility index (Phi) is 7.22. The number of carbonyl (C=O) groups is 1. The summed E-state index contributed by atoms with van der Waals surface area (Å²) in [5.41, 5.74) is 1.10. The summed E-state index contributed by atoms with van der Waals surface area (Å²) in [7, 11) is 0. The van der Waals surface area contributed by atoms with E-state index in [-0.39, 0.29) is 16.9 Å². The van der Waals surface area contributed by atoms with Gasteiger partial charge in [-0.05, 0) is 30.3 Å². The van der Waals surface area contributed by atoms with Gasteiger partial charge in [0.05, 0.1) is 24.6 Å². The van der Waals surface area contributed by atoms with Crippen molar-refractivity contribution in [2.24, 2.45) is 0 Å². The van der Waals surface area contributed by atoms with Crippen molar-refractivity contribution >= 4 is 35.0 Å². The summed E-state index contributed by atoms with van der Waals surface area (Å²) in [4.78, 5) is 14.8. The maximum atomic E-state index is 12.8. The van der Waals surface area contributed by atoms with Gasteiger partial charge in [-0.3, -0.25) is 4.79 Å². The minimum atomic E-state index is -3.03. The molecule has 6 nitrogen and oxygen atoms in total. The molecule has 1 heterocycles. The third kappa shape index (κ3) is 5.47. The smallest absolute Gasteiger partial charge is 0.387 e. The Bertz CT molecular complexity index is 986. The molecule has 0 unspecified atom stereocenters. The highest BCUT2D eigenvalue weighted by Gasteiger charge is 2.19. The van der Waals surface area contributed by atoms with Gasteiger partial charge in [-0.1, -0.05) is 29.8 Å². The van der Waals surface area contributed by atoms with E-state index in [2.05, 4.69) is 10.1 Å². The highest BCUT2D eigenvalue weighted by atomic mass is 35.5. The molecule has 1 amide bonds. The Hall–Kier alpha value is -3.15. The minimum Gasteiger partial charge on any atom is -0.434 e. The van der Waals surface area contributed by atoms with E-state index < -0.39 is 12.5 Å². The first-order valence-electron chi connectivity index (χ1n) is 9.07. The van der Waals surface area contributed by atoms with Gasteiger partial charge in [0, 0.05) is 23.7 Å². The normalized spacial score (nSPS) is 14.4. The molecule has 3 rings (SSSR count). The Labute approximate surface area is 177 Å². The lowest BCUT2D eigenvalue weighted by molar-refractivity contribution is -0.112. The predicted octanol–water partition coefficient (Wildman–Crippen LogP) is 4.32. The monoisotopic (exact) mass is 433 g/mol. The molecular formula is C21H18ClF2N3O3. The summed E-state index contributed by atoms with van der Waals surface area (Å²) < 4.78 is 35.0. The number of halogens is 3. The molecule has 0 bridgehead atoms. The molecular weight excluding hydrogens is 416 g/mol. The zero-order valence-electron chi connectivity index (χ0n) is 15.8. The molecule has 1 saturated heterocycles. The number of nitrogens with zero attached hydrogens (tertiary/aromatic N) is 2. The number of amides is 1. The van der Waals surface area contributed by atoms with E-state index in [0.29, 0.717) is 37.0 Å². The number of hydrogen-bond donors (Lipinski definition) is 1. The van der Waals surface area contributed by atoms with Crippen LogP contribution in [-0.2, 0) is 9.53 Å². The molecule has 1 aliphatic heterocycles. The average molecular weight is 434 g/mol. The number of carbonyl (C=O) groups excluding carboxylic acids is 1. The van der Waals surface area contributed by atoms with Crippen LogP contribution in [0.2, 0.25) is 5.02 Å². The molecule has 0 aliphatic carbocycles. The van der Waals surface area contributed by atoms with Crippen LogP contribution in [0.25, 0.3) is 6.08 Å². The lowest BCUT2D eigenvalue weighted by Gasteiger charge is -2.30. The van der Waals surface area contributed by atoms with E-state index in [1.165, 1.54) is 24.3 Å². The van der Waals surface area contributed by atoms with Crippen molar-refractivity contribution in [3.05, 3.63) is 58.6 Å². The van der Waals surface area contributed by atoms with Crippen molar-refractivity contribution < 1.29 is 23.0 Å². The topological polar surface area (TPSA) is 74.6 Å². The van der Waals surface area contributed by atoms with Crippen LogP contribution in [0.3, 0.4) is 0 Å². The van der Waals surface area contributed by atoms with Crippen LogP contribution in [0, 0.1) is 11.3 Å².